The molecule has 10 heteroatoms. The molecule has 0 rings (SSSR count). The Balaban J connectivity index is 4.15. The van der Waals surface area contributed by atoms with Crippen LogP contribution < -0.4 is 0 Å². The van der Waals surface area contributed by atoms with Crippen LogP contribution in [0.2, 0.25) is 0 Å². The van der Waals surface area contributed by atoms with Crippen LogP contribution in [-0.2, 0) is 9.53 Å². The summed E-state index contributed by atoms with van der Waals surface area (Å²) in [5, 5.41) is 0. The van der Waals surface area contributed by atoms with E-state index in [1.807, 2.05) is 0 Å². The second-order valence-electron chi connectivity index (χ2n) is 4.47. The minimum absolute atomic E-state index is 0.156. The van der Waals surface area contributed by atoms with Gasteiger partial charge in [-0.3, -0.25) is 4.79 Å². The van der Waals surface area contributed by atoms with E-state index in [9.17, 15) is 35.5 Å². The average Bonchev–Trinajstić information content (AvgIpc) is 2.25. The van der Waals surface area contributed by atoms with Crippen LogP contribution in [0.3, 0.4) is 0 Å². The highest BCUT2D eigenvalue weighted by atomic mass is 32.2. The Morgan fingerprint density at radius 1 is 1.10 bits per heavy atom. The first-order chi connectivity index (χ1) is 9.31. The Morgan fingerprint density at radius 2 is 1.62 bits per heavy atom. The van der Waals surface area contributed by atoms with Crippen LogP contribution in [0.4, 0.5) is 30.7 Å². The van der Waals surface area contributed by atoms with Crippen molar-refractivity contribution in [3.05, 3.63) is 0 Å². The van der Waals surface area contributed by atoms with Crippen LogP contribution in [-0.4, -0.2) is 41.6 Å². The van der Waals surface area contributed by atoms with Gasteiger partial charge < -0.3 is 4.74 Å². The molecule has 0 amide bonds. The van der Waals surface area contributed by atoms with Gasteiger partial charge in [-0.15, -0.1) is 0 Å². The molecule has 0 atom stereocenters. The molecule has 0 bridgehead atoms. The lowest BCUT2D eigenvalue weighted by Crippen LogP contribution is -2.51. The van der Waals surface area contributed by atoms with E-state index < -0.39 is 36.8 Å². The zero-order valence-electron chi connectivity index (χ0n) is 11.3. The van der Waals surface area contributed by atoms with Crippen LogP contribution in [0, 0.1) is 0 Å². The monoisotopic (exact) mass is 344 g/mol. The molecule has 0 aliphatic rings. The Kier molecular flexibility index (Phi) is 7.31. The van der Waals surface area contributed by atoms with Crippen molar-refractivity contribution in [3.8, 4) is 0 Å². The molecule has 0 saturated carbocycles. The third-order valence-corrected chi connectivity index (χ3v) is 3.20. The van der Waals surface area contributed by atoms with Crippen molar-refractivity contribution in [2.75, 3.05) is 11.5 Å². The predicted octanol–water partition coefficient (Wildman–Crippen LogP) is 4.28. The minimum Gasteiger partial charge on any atom is -0.462 e. The lowest BCUT2D eigenvalue weighted by atomic mass is 10.1. The predicted molar refractivity (Wildman–Crippen MR) is 63.7 cm³/mol. The number of hydrogen-bond donors (Lipinski definition) is 0. The Labute approximate surface area is 121 Å². The highest BCUT2D eigenvalue weighted by Gasteiger charge is 2.72. The fourth-order valence-corrected chi connectivity index (χ4v) is 1.94. The molecule has 0 radical (unpaired) electrons. The van der Waals surface area contributed by atoms with Gasteiger partial charge in [-0.05, 0) is 26.0 Å². The van der Waals surface area contributed by atoms with E-state index in [2.05, 4.69) is 0 Å². The molecule has 0 aliphatic heterocycles. The normalized spacial score (nSPS) is 13.6. The SMILES string of the molecule is CC(C)OC(=O)CSCCCC(F)(F)C(F)(F)C(F)(F)F. The first kappa shape index (κ1) is 20.3. The summed E-state index contributed by atoms with van der Waals surface area (Å²) in [6, 6.07) is 0. The molecule has 0 unspecified atom stereocenters. The quantitative estimate of drug-likeness (QED) is 0.373. The first-order valence-corrected chi connectivity index (χ1v) is 7.06. The molecule has 0 aromatic heterocycles. The van der Waals surface area contributed by atoms with E-state index in [1.165, 1.54) is 0 Å². The summed E-state index contributed by atoms with van der Waals surface area (Å²) in [4.78, 5) is 11.0. The zero-order chi connectivity index (χ0) is 16.9. The maximum atomic E-state index is 12.9. The standard InChI is InChI=1S/C11H15F7O2S/c1-7(2)20-8(19)6-21-5-3-4-9(12,13)10(14,15)11(16,17)18/h7H,3-6H2,1-2H3. The maximum absolute atomic E-state index is 12.9. The first-order valence-electron chi connectivity index (χ1n) is 5.91. The van der Waals surface area contributed by atoms with Gasteiger partial charge in [0.2, 0.25) is 0 Å². The molecular weight excluding hydrogens is 329 g/mol. The zero-order valence-corrected chi connectivity index (χ0v) is 12.1. The Morgan fingerprint density at radius 3 is 2.05 bits per heavy atom. The average molecular weight is 344 g/mol. The van der Waals surface area contributed by atoms with E-state index in [4.69, 9.17) is 4.74 Å². The number of thioether (sulfide) groups is 1. The molecular formula is C11H15F7O2S. The molecule has 0 spiro atoms. The summed E-state index contributed by atoms with van der Waals surface area (Å²) in [5.74, 6) is -12.2. The molecule has 0 aromatic carbocycles. The van der Waals surface area contributed by atoms with Gasteiger partial charge in [0, 0.05) is 6.42 Å². The molecule has 126 valence electrons. The molecule has 0 N–H and O–H groups in total. The lowest BCUT2D eigenvalue weighted by Gasteiger charge is -2.28. The van der Waals surface area contributed by atoms with E-state index >= 15 is 0 Å². The molecule has 0 fully saturated rings. The largest absolute Gasteiger partial charge is 0.462 e. The highest BCUT2D eigenvalue weighted by Crippen LogP contribution is 2.48. The van der Waals surface area contributed by atoms with E-state index in [1.54, 1.807) is 13.8 Å². The number of carbonyl (C=O) groups excluding carboxylic acids is 1. The van der Waals surface area contributed by atoms with Crippen LogP contribution in [0.25, 0.3) is 0 Å². The smallest absolute Gasteiger partial charge is 0.459 e. The molecule has 0 aromatic rings. The topological polar surface area (TPSA) is 26.3 Å². The van der Waals surface area contributed by atoms with Gasteiger partial charge >= 0.3 is 24.0 Å². The maximum Gasteiger partial charge on any atom is 0.459 e. The fourth-order valence-electron chi connectivity index (χ4n) is 1.21. The summed E-state index contributed by atoms with van der Waals surface area (Å²) in [6.07, 6.45) is -8.86. The number of esters is 1. The fraction of sp³-hybridized carbons (Fsp3) is 0.909. The van der Waals surface area contributed by atoms with E-state index in [0.29, 0.717) is 0 Å². The lowest BCUT2D eigenvalue weighted by molar-refractivity contribution is -0.355. The summed E-state index contributed by atoms with van der Waals surface area (Å²) in [6.45, 7) is 3.20. The molecule has 0 aliphatic carbocycles. The number of hydrogen-bond acceptors (Lipinski definition) is 3. The number of halogens is 7. The second kappa shape index (κ2) is 7.55. The molecule has 21 heavy (non-hydrogen) atoms. The van der Waals surface area contributed by atoms with Crippen LogP contribution in [0.1, 0.15) is 26.7 Å². The minimum atomic E-state index is -6.30. The molecule has 2 nitrogen and oxygen atoms in total. The third-order valence-electron chi connectivity index (χ3n) is 2.18. The van der Waals surface area contributed by atoms with E-state index in [-0.39, 0.29) is 17.6 Å². The number of ether oxygens (including phenoxy) is 1. The van der Waals surface area contributed by atoms with Crippen molar-refractivity contribution in [3.63, 3.8) is 0 Å². The van der Waals surface area contributed by atoms with Crippen LogP contribution in [0.15, 0.2) is 0 Å². The summed E-state index contributed by atoms with van der Waals surface area (Å²) in [5.41, 5.74) is 0. The van der Waals surface area contributed by atoms with Crippen molar-refractivity contribution < 1.29 is 40.3 Å². The van der Waals surface area contributed by atoms with Crippen molar-refractivity contribution in [1.29, 1.82) is 0 Å². The van der Waals surface area contributed by atoms with Crippen LogP contribution in [0.5, 0.6) is 0 Å². The summed E-state index contributed by atoms with van der Waals surface area (Å²) >= 11 is 0.828. The Hall–Kier alpha value is -0.670. The van der Waals surface area contributed by atoms with E-state index in [0.717, 1.165) is 11.8 Å². The van der Waals surface area contributed by atoms with Crippen molar-refractivity contribution in [2.45, 2.75) is 50.8 Å². The highest BCUT2D eigenvalue weighted by molar-refractivity contribution is 7.99. The number of rotatable bonds is 8. The van der Waals surface area contributed by atoms with Crippen molar-refractivity contribution in [2.24, 2.45) is 0 Å². The molecule has 0 heterocycles. The van der Waals surface area contributed by atoms with Crippen molar-refractivity contribution >= 4 is 17.7 Å². The van der Waals surface area contributed by atoms with Gasteiger partial charge in [0.05, 0.1) is 11.9 Å². The van der Waals surface area contributed by atoms with Gasteiger partial charge in [0.15, 0.2) is 0 Å². The summed E-state index contributed by atoms with van der Waals surface area (Å²) in [7, 11) is 0. The number of carbonyl (C=O) groups is 1. The van der Waals surface area contributed by atoms with Crippen molar-refractivity contribution in [1.82, 2.24) is 0 Å². The number of alkyl halides is 7. The summed E-state index contributed by atoms with van der Waals surface area (Å²) < 4.78 is 91.1. The van der Waals surface area contributed by atoms with Gasteiger partial charge in [0.25, 0.3) is 0 Å². The third kappa shape index (κ3) is 6.31. The Bertz CT molecular complexity index is 342. The van der Waals surface area contributed by atoms with Gasteiger partial charge in [-0.1, -0.05) is 0 Å². The van der Waals surface area contributed by atoms with Crippen LogP contribution >= 0.6 is 11.8 Å². The van der Waals surface area contributed by atoms with Gasteiger partial charge in [-0.25, -0.2) is 0 Å². The molecule has 0 saturated heterocycles. The van der Waals surface area contributed by atoms with Gasteiger partial charge in [0.1, 0.15) is 0 Å². The second-order valence-corrected chi connectivity index (χ2v) is 5.58. The van der Waals surface area contributed by atoms with Gasteiger partial charge in [-0.2, -0.15) is 42.5 Å².